The summed E-state index contributed by atoms with van der Waals surface area (Å²) >= 11 is 8.46. The molecule has 10 nitrogen and oxygen atoms in total. The summed E-state index contributed by atoms with van der Waals surface area (Å²) in [4.78, 5) is 34.0. The van der Waals surface area contributed by atoms with Gasteiger partial charge < -0.3 is 33.6 Å². The van der Waals surface area contributed by atoms with Gasteiger partial charge in [0.25, 0.3) is 5.91 Å². The molecule has 0 radical (unpaired) electrons. The lowest BCUT2D eigenvalue weighted by atomic mass is 10.1. The lowest BCUT2D eigenvalue weighted by molar-refractivity contribution is 0.0761. The van der Waals surface area contributed by atoms with Crippen LogP contribution in [0.4, 0.5) is 0 Å². The zero-order valence-electron chi connectivity index (χ0n) is 13.9. The maximum absolute atomic E-state index is 12.9. The average Bonchev–Trinajstić information content (AvgIpc) is 2.53. The highest BCUT2D eigenvalue weighted by atomic mass is 32.1. The Hall–Kier alpha value is -2.60. The van der Waals surface area contributed by atoms with Crippen LogP contribution in [0, 0.1) is 0 Å². The first-order valence-electron chi connectivity index (χ1n) is 7.39. The van der Waals surface area contributed by atoms with Gasteiger partial charge in [-0.1, -0.05) is 0 Å². The second-order valence-electron chi connectivity index (χ2n) is 5.16. The molecule has 0 unspecified atom stereocenters. The highest BCUT2D eigenvalue weighted by Crippen LogP contribution is 2.24. The van der Waals surface area contributed by atoms with Crippen molar-refractivity contribution in [2.45, 2.75) is 9.79 Å². The Labute approximate surface area is 161 Å². The summed E-state index contributed by atoms with van der Waals surface area (Å²) in [6.45, 7) is 0.850. The van der Waals surface area contributed by atoms with E-state index >= 15 is 0 Å². The third-order valence-electron chi connectivity index (χ3n) is 3.23. The summed E-state index contributed by atoms with van der Waals surface area (Å²) in [6, 6.07) is 2.83. The summed E-state index contributed by atoms with van der Waals surface area (Å²) < 4.78 is 0. The Morgan fingerprint density at radius 1 is 0.846 bits per heavy atom. The number of benzene rings is 1. The van der Waals surface area contributed by atoms with Crippen LogP contribution in [0.15, 0.2) is 31.9 Å². The predicted octanol–water partition coefficient (Wildman–Crippen LogP) is -1.65. The van der Waals surface area contributed by atoms with E-state index < -0.39 is 5.91 Å². The fraction of sp³-hybridized carbons (Fsp3) is 0.286. The van der Waals surface area contributed by atoms with Crippen molar-refractivity contribution in [3.05, 3.63) is 23.3 Å². The van der Waals surface area contributed by atoms with Crippen LogP contribution in [0.25, 0.3) is 0 Å². The van der Waals surface area contributed by atoms with E-state index in [1.807, 2.05) is 0 Å². The Kier molecular flexibility index (Phi) is 8.06. The molecular weight excluding hydrogens is 376 g/mol. The number of rotatable bonds is 8. The zero-order chi connectivity index (χ0) is 19.9. The van der Waals surface area contributed by atoms with Gasteiger partial charge >= 0.3 is 0 Å². The third-order valence-corrected chi connectivity index (χ3v) is 3.97. The van der Waals surface area contributed by atoms with Crippen LogP contribution in [-0.2, 0) is 0 Å². The molecule has 0 bridgehead atoms. The van der Waals surface area contributed by atoms with E-state index in [1.165, 1.54) is 17.0 Å². The SMILES string of the molecule is NC(=O)c1cc(S)c(C(=O)N(CCN=C(N)N)CCN=C(N)N)cc1S. The molecule has 0 aliphatic carbocycles. The summed E-state index contributed by atoms with van der Waals surface area (Å²) in [5, 5.41) is 0. The van der Waals surface area contributed by atoms with Gasteiger partial charge in [0.05, 0.1) is 24.2 Å². The Morgan fingerprint density at radius 3 is 1.69 bits per heavy atom. The van der Waals surface area contributed by atoms with E-state index in [0.717, 1.165) is 0 Å². The first-order valence-corrected chi connectivity index (χ1v) is 8.28. The highest BCUT2D eigenvalue weighted by Gasteiger charge is 2.20. The van der Waals surface area contributed by atoms with Crippen molar-refractivity contribution >= 4 is 49.0 Å². The molecule has 1 aromatic carbocycles. The van der Waals surface area contributed by atoms with Crippen molar-refractivity contribution in [2.24, 2.45) is 38.7 Å². The second-order valence-corrected chi connectivity index (χ2v) is 6.12. The first-order chi connectivity index (χ1) is 12.1. The van der Waals surface area contributed by atoms with Gasteiger partial charge in [-0.15, -0.1) is 25.3 Å². The highest BCUT2D eigenvalue weighted by molar-refractivity contribution is 7.80. The van der Waals surface area contributed by atoms with Crippen LogP contribution in [0.1, 0.15) is 20.7 Å². The van der Waals surface area contributed by atoms with Gasteiger partial charge in [-0.3, -0.25) is 19.6 Å². The van der Waals surface area contributed by atoms with Gasteiger partial charge in [0.1, 0.15) is 0 Å². The average molecular weight is 399 g/mol. The number of nitrogens with zero attached hydrogens (tertiary/aromatic N) is 3. The number of nitrogens with two attached hydrogens (primary N) is 5. The minimum absolute atomic E-state index is 0.0834. The molecule has 0 saturated carbocycles. The molecule has 1 aromatic rings. The van der Waals surface area contributed by atoms with Crippen LogP contribution in [0.5, 0.6) is 0 Å². The summed E-state index contributed by atoms with van der Waals surface area (Å²) in [5.41, 5.74) is 26.9. The molecule has 12 heteroatoms. The molecule has 26 heavy (non-hydrogen) atoms. The monoisotopic (exact) mass is 398 g/mol. The van der Waals surface area contributed by atoms with E-state index in [1.54, 1.807) is 0 Å². The quantitative estimate of drug-likeness (QED) is 0.156. The van der Waals surface area contributed by atoms with Gasteiger partial charge in [-0.25, -0.2) is 0 Å². The number of amides is 2. The zero-order valence-corrected chi connectivity index (χ0v) is 15.7. The molecule has 142 valence electrons. The number of carbonyl (C=O) groups excluding carboxylic acids is 2. The van der Waals surface area contributed by atoms with Crippen molar-refractivity contribution in [3.8, 4) is 0 Å². The number of carbonyl (C=O) groups is 2. The van der Waals surface area contributed by atoms with Gasteiger partial charge in [0, 0.05) is 22.9 Å². The number of guanidine groups is 2. The fourth-order valence-electron chi connectivity index (χ4n) is 2.03. The molecule has 0 aliphatic heterocycles. The molecule has 0 aliphatic rings. The topological polar surface area (TPSA) is 192 Å². The first kappa shape index (κ1) is 21.4. The van der Waals surface area contributed by atoms with Crippen LogP contribution in [-0.4, -0.2) is 54.8 Å². The number of hydrogen-bond donors (Lipinski definition) is 7. The normalized spacial score (nSPS) is 10.1. The van der Waals surface area contributed by atoms with Crippen molar-refractivity contribution in [2.75, 3.05) is 26.2 Å². The van der Waals surface area contributed by atoms with Gasteiger partial charge in [0.15, 0.2) is 11.9 Å². The lowest BCUT2D eigenvalue weighted by Gasteiger charge is -2.22. The lowest BCUT2D eigenvalue weighted by Crippen LogP contribution is -2.37. The number of thiol groups is 2. The molecule has 0 aromatic heterocycles. The molecule has 0 spiro atoms. The van der Waals surface area contributed by atoms with Crippen molar-refractivity contribution in [3.63, 3.8) is 0 Å². The van der Waals surface area contributed by atoms with Crippen molar-refractivity contribution < 1.29 is 9.59 Å². The molecule has 0 saturated heterocycles. The standard InChI is InChI=1S/C14H22N8O2S2/c15-11(23)7-5-10(26)8(6-9(7)25)12(24)22(3-1-20-13(16)17)4-2-21-14(18)19/h5-6,25-26H,1-4H2,(H2,15,23)(H4,16,17,20)(H4,18,19,21). The van der Waals surface area contributed by atoms with Crippen LogP contribution >= 0.6 is 25.3 Å². The maximum atomic E-state index is 12.9. The predicted molar refractivity (Wildman–Crippen MR) is 107 cm³/mol. The number of hydrogen-bond acceptors (Lipinski definition) is 6. The summed E-state index contributed by atoms with van der Waals surface area (Å²) in [6.07, 6.45) is 0. The molecule has 1 rings (SSSR count). The fourth-order valence-corrected chi connectivity index (χ4v) is 2.62. The Morgan fingerprint density at radius 2 is 1.27 bits per heavy atom. The van der Waals surface area contributed by atoms with Crippen molar-refractivity contribution in [1.82, 2.24) is 4.90 Å². The molecule has 0 atom stereocenters. The van der Waals surface area contributed by atoms with Gasteiger partial charge in [-0.05, 0) is 12.1 Å². The van der Waals surface area contributed by atoms with E-state index in [0.29, 0.717) is 0 Å². The third kappa shape index (κ3) is 6.37. The number of primary amides is 1. The summed E-state index contributed by atoms with van der Waals surface area (Å²) in [5.74, 6) is -1.19. The molecule has 10 N–H and O–H groups in total. The minimum Gasteiger partial charge on any atom is -0.370 e. The second kappa shape index (κ2) is 9.77. The molecule has 0 heterocycles. The summed E-state index contributed by atoms with van der Waals surface area (Å²) in [7, 11) is 0. The van der Waals surface area contributed by atoms with E-state index in [4.69, 9.17) is 28.7 Å². The Balaban J connectivity index is 3.09. The van der Waals surface area contributed by atoms with Crippen LogP contribution in [0.2, 0.25) is 0 Å². The smallest absolute Gasteiger partial charge is 0.255 e. The molecule has 0 fully saturated rings. The van der Waals surface area contributed by atoms with E-state index in [9.17, 15) is 9.59 Å². The minimum atomic E-state index is -0.665. The van der Waals surface area contributed by atoms with Gasteiger partial charge in [-0.2, -0.15) is 0 Å². The van der Waals surface area contributed by atoms with E-state index in [2.05, 4.69) is 35.2 Å². The largest absolute Gasteiger partial charge is 0.370 e. The number of aliphatic imine (C=N–C) groups is 2. The molecular formula is C14H22N8O2S2. The van der Waals surface area contributed by atoms with Crippen LogP contribution < -0.4 is 28.7 Å². The Bertz CT molecular complexity index is 721. The van der Waals surface area contributed by atoms with E-state index in [-0.39, 0.29) is 64.9 Å². The maximum Gasteiger partial charge on any atom is 0.255 e. The molecule has 2 amide bonds. The van der Waals surface area contributed by atoms with Crippen LogP contribution in [0.3, 0.4) is 0 Å². The van der Waals surface area contributed by atoms with Crippen molar-refractivity contribution in [1.29, 1.82) is 0 Å². The van der Waals surface area contributed by atoms with Gasteiger partial charge in [0.2, 0.25) is 5.91 Å².